The minimum Gasteiger partial charge on any atom is -0.367 e. The number of nitrogens with zero attached hydrogens (tertiary/aromatic N) is 4. The molecule has 6 nitrogen and oxygen atoms in total. The van der Waals surface area contributed by atoms with Crippen molar-refractivity contribution in [2.24, 2.45) is 7.05 Å². The number of aromatic nitrogens is 4. The summed E-state index contributed by atoms with van der Waals surface area (Å²) in [5.74, 6) is 1.36. The smallest absolute Gasteiger partial charge is 0.233 e. The molecule has 0 aromatic carbocycles. The van der Waals surface area contributed by atoms with E-state index in [1.807, 2.05) is 17.8 Å². The summed E-state index contributed by atoms with van der Waals surface area (Å²) in [6, 6.07) is 0. The van der Waals surface area contributed by atoms with Crippen molar-refractivity contribution < 1.29 is 0 Å². The van der Waals surface area contributed by atoms with Crippen LogP contribution in [-0.2, 0) is 13.5 Å². The molecule has 0 saturated heterocycles. The van der Waals surface area contributed by atoms with E-state index in [4.69, 9.17) is 5.73 Å². The highest BCUT2D eigenvalue weighted by Gasteiger charge is 2.01. The zero-order valence-electron chi connectivity index (χ0n) is 8.34. The highest BCUT2D eigenvalue weighted by atomic mass is 32.1. The SMILES string of the molecule is Cn1ccnc1CCNc1nc(N)ns1. The number of rotatable bonds is 4. The van der Waals surface area contributed by atoms with Crippen molar-refractivity contribution in [3.05, 3.63) is 18.2 Å². The maximum absolute atomic E-state index is 5.40. The van der Waals surface area contributed by atoms with E-state index in [0.29, 0.717) is 5.95 Å². The Balaban J connectivity index is 1.83. The summed E-state index contributed by atoms with van der Waals surface area (Å²) in [5, 5.41) is 3.89. The standard InChI is InChI=1S/C8H12N6S/c1-14-5-4-10-6(14)2-3-11-8-12-7(9)13-15-8/h4-5H,2-3H2,1H3,(H3,9,11,12,13). The molecule has 0 radical (unpaired) electrons. The third-order valence-electron chi connectivity index (χ3n) is 1.99. The van der Waals surface area contributed by atoms with Gasteiger partial charge in [0.1, 0.15) is 5.82 Å². The maximum atomic E-state index is 5.40. The van der Waals surface area contributed by atoms with Crippen LogP contribution >= 0.6 is 11.5 Å². The molecule has 0 aliphatic heterocycles. The van der Waals surface area contributed by atoms with Gasteiger partial charge in [-0.1, -0.05) is 0 Å². The molecule has 2 aromatic rings. The van der Waals surface area contributed by atoms with E-state index in [9.17, 15) is 0 Å². The predicted octanol–water partition coefficient (Wildman–Crippen LogP) is 0.508. The molecule has 0 fully saturated rings. The number of hydrogen-bond acceptors (Lipinski definition) is 6. The van der Waals surface area contributed by atoms with Crippen molar-refractivity contribution in [1.29, 1.82) is 0 Å². The zero-order valence-corrected chi connectivity index (χ0v) is 9.16. The van der Waals surface area contributed by atoms with Crippen molar-refractivity contribution in [2.45, 2.75) is 6.42 Å². The van der Waals surface area contributed by atoms with Crippen molar-refractivity contribution in [2.75, 3.05) is 17.6 Å². The van der Waals surface area contributed by atoms with Gasteiger partial charge < -0.3 is 15.6 Å². The molecule has 0 atom stereocenters. The molecule has 0 amide bonds. The van der Waals surface area contributed by atoms with Gasteiger partial charge in [0, 0.05) is 43.9 Å². The molecule has 80 valence electrons. The fourth-order valence-corrected chi connectivity index (χ4v) is 1.75. The number of hydrogen-bond donors (Lipinski definition) is 2. The maximum Gasteiger partial charge on any atom is 0.233 e. The van der Waals surface area contributed by atoms with E-state index in [0.717, 1.165) is 23.9 Å². The van der Waals surface area contributed by atoms with E-state index in [1.165, 1.54) is 11.5 Å². The largest absolute Gasteiger partial charge is 0.367 e. The fraction of sp³-hybridized carbons (Fsp3) is 0.375. The average Bonchev–Trinajstić information content (AvgIpc) is 2.77. The lowest BCUT2D eigenvalue weighted by Gasteiger charge is -2.02. The van der Waals surface area contributed by atoms with E-state index in [1.54, 1.807) is 6.20 Å². The Hall–Kier alpha value is -1.63. The van der Waals surface area contributed by atoms with Gasteiger partial charge in [-0.05, 0) is 0 Å². The molecular formula is C8H12N6S. The Labute approximate surface area is 91.3 Å². The lowest BCUT2D eigenvalue weighted by Crippen LogP contribution is -2.08. The minimum absolute atomic E-state index is 0.319. The van der Waals surface area contributed by atoms with Gasteiger partial charge >= 0.3 is 0 Å². The third kappa shape index (κ3) is 2.44. The number of aryl methyl sites for hydroxylation is 1. The van der Waals surface area contributed by atoms with Crippen molar-refractivity contribution in [3.63, 3.8) is 0 Å². The third-order valence-corrected chi connectivity index (χ3v) is 2.67. The van der Waals surface area contributed by atoms with Gasteiger partial charge in [0.05, 0.1) is 0 Å². The molecule has 0 saturated carbocycles. The Bertz CT molecular complexity index is 434. The van der Waals surface area contributed by atoms with Gasteiger partial charge in [-0.2, -0.15) is 9.36 Å². The van der Waals surface area contributed by atoms with Crippen LogP contribution in [0.2, 0.25) is 0 Å². The first-order valence-corrected chi connectivity index (χ1v) is 5.32. The highest BCUT2D eigenvalue weighted by Crippen LogP contribution is 2.11. The van der Waals surface area contributed by atoms with Crippen LogP contribution in [0, 0.1) is 0 Å². The molecule has 2 aromatic heterocycles. The van der Waals surface area contributed by atoms with Crippen LogP contribution in [-0.4, -0.2) is 25.5 Å². The van der Waals surface area contributed by atoms with Crippen LogP contribution in [0.4, 0.5) is 11.1 Å². The zero-order chi connectivity index (χ0) is 10.7. The van der Waals surface area contributed by atoms with Gasteiger partial charge in [0.25, 0.3) is 0 Å². The second kappa shape index (κ2) is 4.26. The lowest BCUT2D eigenvalue weighted by molar-refractivity contribution is 0.789. The molecule has 0 unspecified atom stereocenters. The summed E-state index contributed by atoms with van der Waals surface area (Å²) in [4.78, 5) is 8.22. The normalized spacial score (nSPS) is 10.5. The summed E-state index contributed by atoms with van der Waals surface area (Å²) in [6.07, 6.45) is 4.57. The Morgan fingerprint density at radius 2 is 2.47 bits per heavy atom. The average molecular weight is 224 g/mol. The van der Waals surface area contributed by atoms with Crippen molar-refractivity contribution >= 4 is 22.6 Å². The van der Waals surface area contributed by atoms with Crippen LogP contribution < -0.4 is 11.1 Å². The lowest BCUT2D eigenvalue weighted by atomic mass is 10.4. The number of nitrogens with two attached hydrogens (primary N) is 1. The van der Waals surface area contributed by atoms with Gasteiger partial charge in [-0.3, -0.25) is 0 Å². The van der Waals surface area contributed by atoms with Gasteiger partial charge in [0.15, 0.2) is 0 Å². The quantitative estimate of drug-likeness (QED) is 0.790. The van der Waals surface area contributed by atoms with Crippen LogP contribution in [0.3, 0.4) is 0 Å². The molecule has 15 heavy (non-hydrogen) atoms. The summed E-state index contributed by atoms with van der Waals surface area (Å²) in [6.45, 7) is 0.777. The summed E-state index contributed by atoms with van der Waals surface area (Å²) in [5.41, 5.74) is 5.40. The number of nitrogens with one attached hydrogen (secondary N) is 1. The highest BCUT2D eigenvalue weighted by molar-refractivity contribution is 7.09. The fourth-order valence-electron chi connectivity index (χ4n) is 1.23. The topological polar surface area (TPSA) is 81.7 Å². The molecule has 0 bridgehead atoms. The number of anilines is 2. The molecule has 0 aliphatic carbocycles. The first-order chi connectivity index (χ1) is 7.25. The van der Waals surface area contributed by atoms with E-state index in [-0.39, 0.29) is 0 Å². The molecule has 2 rings (SSSR count). The van der Waals surface area contributed by atoms with E-state index < -0.39 is 0 Å². The van der Waals surface area contributed by atoms with E-state index in [2.05, 4.69) is 19.7 Å². The molecule has 2 heterocycles. The molecule has 0 spiro atoms. The Morgan fingerprint density at radius 1 is 1.60 bits per heavy atom. The van der Waals surface area contributed by atoms with Crippen LogP contribution in [0.1, 0.15) is 5.82 Å². The van der Waals surface area contributed by atoms with Crippen molar-refractivity contribution in [3.8, 4) is 0 Å². The predicted molar refractivity (Wildman–Crippen MR) is 59.7 cm³/mol. The van der Waals surface area contributed by atoms with Gasteiger partial charge in [-0.15, -0.1) is 0 Å². The first kappa shape index (κ1) is 9.91. The van der Waals surface area contributed by atoms with Crippen LogP contribution in [0.5, 0.6) is 0 Å². The molecule has 7 heteroatoms. The first-order valence-electron chi connectivity index (χ1n) is 4.55. The minimum atomic E-state index is 0.319. The number of imidazole rings is 1. The monoisotopic (exact) mass is 224 g/mol. The summed E-state index contributed by atoms with van der Waals surface area (Å²) >= 11 is 1.27. The second-order valence-electron chi connectivity index (χ2n) is 3.09. The molecule has 3 N–H and O–H groups in total. The summed E-state index contributed by atoms with van der Waals surface area (Å²) < 4.78 is 5.87. The summed E-state index contributed by atoms with van der Waals surface area (Å²) in [7, 11) is 1.98. The Kier molecular flexibility index (Phi) is 2.82. The Morgan fingerprint density at radius 3 is 3.07 bits per heavy atom. The van der Waals surface area contributed by atoms with Crippen molar-refractivity contribution in [1.82, 2.24) is 18.9 Å². The van der Waals surface area contributed by atoms with Gasteiger partial charge in [-0.25, -0.2) is 4.98 Å². The number of nitrogen functional groups attached to an aromatic ring is 1. The van der Waals surface area contributed by atoms with Crippen LogP contribution in [0.15, 0.2) is 12.4 Å². The van der Waals surface area contributed by atoms with E-state index >= 15 is 0 Å². The molecular weight excluding hydrogens is 212 g/mol. The van der Waals surface area contributed by atoms with Gasteiger partial charge in [0.2, 0.25) is 11.1 Å². The molecule has 0 aliphatic rings. The van der Waals surface area contributed by atoms with Crippen LogP contribution in [0.25, 0.3) is 0 Å². The second-order valence-corrected chi connectivity index (χ2v) is 3.84.